The molecule has 15 nitrogen and oxygen atoms in total. The third-order valence-corrected chi connectivity index (χ3v) is 9.31. The highest BCUT2D eigenvalue weighted by atomic mass is 16.7. The van der Waals surface area contributed by atoms with E-state index in [1.165, 1.54) is 56.5 Å². The number of Topliss-reactive ketones (excluding diaryl/α,β-unsaturated/α-hetero) is 1. The van der Waals surface area contributed by atoms with E-state index >= 15 is 0 Å². The lowest BCUT2D eigenvalue weighted by Gasteiger charge is -2.42. The lowest BCUT2D eigenvalue weighted by atomic mass is 9.72. The number of carbonyl (C=O) groups excluding carboxylic acids is 4. The van der Waals surface area contributed by atoms with Crippen LogP contribution in [0.3, 0.4) is 0 Å². The number of nitrogens with one attached hydrogen (secondary N) is 1. The number of hydrogen-bond donors (Lipinski definition) is 7. The van der Waals surface area contributed by atoms with Crippen LogP contribution in [0.2, 0.25) is 0 Å². The molecular formula is C35H35NO14. The fourth-order valence-electron chi connectivity index (χ4n) is 6.80. The van der Waals surface area contributed by atoms with Gasteiger partial charge in [0.1, 0.15) is 47.1 Å². The van der Waals surface area contributed by atoms with Gasteiger partial charge in [-0.3, -0.25) is 19.2 Å². The van der Waals surface area contributed by atoms with Crippen LogP contribution in [0, 0.1) is 0 Å². The van der Waals surface area contributed by atoms with Crippen LogP contribution in [0.1, 0.15) is 68.8 Å². The summed E-state index contributed by atoms with van der Waals surface area (Å²) in [5.41, 5.74) is -4.07. The third-order valence-electron chi connectivity index (χ3n) is 9.31. The highest BCUT2D eigenvalue weighted by Crippen LogP contribution is 2.52. The molecule has 3 aliphatic rings. The molecule has 1 heterocycles. The Kier molecular flexibility index (Phi) is 9.28. The minimum absolute atomic E-state index is 0.0148. The van der Waals surface area contributed by atoms with Crippen LogP contribution in [-0.2, 0) is 25.5 Å². The lowest BCUT2D eigenvalue weighted by Crippen LogP contribution is -2.56. The third kappa shape index (κ3) is 6.03. The Morgan fingerprint density at radius 1 is 1.00 bits per heavy atom. The van der Waals surface area contributed by atoms with Crippen molar-refractivity contribution in [3.05, 3.63) is 75.8 Å². The van der Waals surface area contributed by atoms with Crippen molar-refractivity contribution in [1.82, 2.24) is 5.32 Å². The number of hydrogen-bond acceptors (Lipinski definition) is 14. The van der Waals surface area contributed by atoms with E-state index in [-0.39, 0.29) is 40.2 Å². The van der Waals surface area contributed by atoms with Crippen molar-refractivity contribution in [2.24, 2.45) is 0 Å². The first-order valence-corrected chi connectivity index (χ1v) is 15.7. The van der Waals surface area contributed by atoms with Crippen LogP contribution in [0.5, 0.6) is 28.7 Å². The van der Waals surface area contributed by atoms with E-state index < -0.39 is 108 Å². The van der Waals surface area contributed by atoms with Crippen molar-refractivity contribution >= 4 is 23.3 Å². The average Bonchev–Trinajstić information content (AvgIpc) is 3.09. The van der Waals surface area contributed by atoms with Crippen LogP contribution in [0.4, 0.5) is 0 Å². The Labute approximate surface area is 284 Å². The molecule has 50 heavy (non-hydrogen) atoms. The normalized spacial score (nSPS) is 25.6. The van der Waals surface area contributed by atoms with Crippen molar-refractivity contribution in [1.29, 1.82) is 0 Å². The van der Waals surface area contributed by atoms with Gasteiger partial charge in [0.2, 0.25) is 5.78 Å². The number of phenols is 3. The van der Waals surface area contributed by atoms with Gasteiger partial charge in [-0.2, -0.15) is 0 Å². The summed E-state index contributed by atoms with van der Waals surface area (Å²) in [6.45, 7) is 0.00576. The Bertz CT molecular complexity index is 1870. The molecular weight excluding hydrogens is 658 g/mol. The summed E-state index contributed by atoms with van der Waals surface area (Å²) in [6.07, 6.45) is -6.23. The highest BCUT2D eigenvalue weighted by Gasteiger charge is 2.50. The maximum Gasteiger partial charge on any atom is 0.258 e. The highest BCUT2D eigenvalue weighted by molar-refractivity contribution is 6.31. The maximum atomic E-state index is 13.9. The lowest BCUT2D eigenvalue weighted by molar-refractivity contribution is -0.249. The summed E-state index contributed by atoms with van der Waals surface area (Å²) < 4.78 is 22.8. The molecule has 15 heteroatoms. The molecule has 2 aliphatic carbocycles. The van der Waals surface area contributed by atoms with E-state index in [1.54, 1.807) is 0 Å². The quantitative estimate of drug-likeness (QED) is 0.121. The van der Waals surface area contributed by atoms with Crippen molar-refractivity contribution in [3.63, 3.8) is 0 Å². The van der Waals surface area contributed by atoms with Crippen molar-refractivity contribution in [2.75, 3.05) is 20.3 Å². The van der Waals surface area contributed by atoms with Crippen LogP contribution in [0.25, 0.3) is 0 Å². The number of phenolic OH excluding ortho intramolecular Hbond substituents is 3. The second-order valence-electron chi connectivity index (χ2n) is 12.5. The first-order chi connectivity index (χ1) is 23.8. The molecule has 3 aromatic rings. The molecule has 0 unspecified atom stereocenters. The topological polar surface area (TPSA) is 239 Å². The standard InChI is InChI=1S/C35H35NO14/c1-15-30(41)20(36-24(40)14-48-17-8-6-16(38)7-9-17)10-25(49-15)50-22-12-35(46,23(39)13-37)11-19-27(22)34(45)29-28(32(19)43)31(42)18-4-3-5-21(47-2)26(18)33(29)44/h3-9,15,20,22,25,30,37-38,41,43,45-46H,10-14H2,1-2H3,(H,36,40)/t15-,20-,22-,25-,30+,35-/m0/s1. The van der Waals surface area contributed by atoms with Crippen molar-refractivity contribution < 1.29 is 68.8 Å². The van der Waals surface area contributed by atoms with E-state index in [4.69, 9.17) is 18.9 Å². The number of benzene rings is 3. The minimum atomic E-state index is -2.34. The molecule has 1 saturated heterocycles. The van der Waals surface area contributed by atoms with Gasteiger partial charge < -0.3 is 54.9 Å². The number of aliphatic hydroxyl groups excluding tert-OH is 2. The smallest absolute Gasteiger partial charge is 0.258 e. The molecule has 0 aromatic heterocycles. The summed E-state index contributed by atoms with van der Waals surface area (Å²) >= 11 is 0. The van der Waals surface area contributed by atoms with E-state index in [2.05, 4.69) is 5.32 Å². The second kappa shape index (κ2) is 13.3. The van der Waals surface area contributed by atoms with Gasteiger partial charge in [0.25, 0.3) is 5.91 Å². The van der Waals surface area contributed by atoms with Gasteiger partial charge in [0.05, 0.1) is 42.0 Å². The molecule has 264 valence electrons. The summed E-state index contributed by atoms with van der Waals surface area (Å²) in [4.78, 5) is 53.2. The summed E-state index contributed by atoms with van der Waals surface area (Å²) in [5.74, 6) is -4.37. The van der Waals surface area contributed by atoms with Crippen LogP contribution >= 0.6 is 0 Å². The van der Waals surface area contributed by atoms with E-state index in [9.17, 15) is 49.8 Å². The predicted octanol–water partition coefficient (Wildman–Crippen LogP) is 0.943. The van der Waals surface area contributed by atoms with Gasteiger partial charge in [-0.05, 0) is 37.3 Å². The number of ketones is 3. The molecule has 3 aromatic carbocycles. The van der Waals surface area contributed by atoms with Crippen molar-refractivity contribution in [2.45, 2.75) is 62.4 Å². The zero-order chi connectivity index (χ0) is 36.1. The largest absolute Gasteiger partial charge is 0.508 e. The van der Waals surface area contributed by atoms with E-state index in [0.717, 1.165) is 0 Å². The molecule has 0 radical (unpaired) electrons. The molecule has 0 spiro atoms. The zero-order valence-electron chi connectivity index (χ0n) is 26.9. The monoisotopic (exact) mass is 693 g/mol. The van der Waals surface area contributed by atoms with Gasteiger partial charge in [-0.1, -0.05) is 12.1 Å². The number of fused-ring (bicyclic) bond motifs is 3. The van der Waals surface area contributed by atoms with Crippen molar-refractivity contribution in [3.8, 4) is 28.7 Å². The minimum Gasteiger partial charge on any atom is -0.508 e. The predicted molar refractivity (Wildman–Crippen MR) is 169 cm³/mol. The Morgan fingerprint density at radius 2 is 1.70 bits per heavy atom. The molecule has 6 rings (SSSR count). The number of aromatic hydroxyl groups is 3. The summed E-state index contributed by atoms with van der Waals surface area (Å²) in [5, 5.41) is 67.3. The molecule has 1 fully saturated rings. The molecule has 6 atom stereocenters. The number of rotatable bonds is 9. The Morgan fingerprint density at radius 3 is 2.38 bits per heavy atom. The van der Waals surface area contributed by atoms with Gasteiger partial charge in [-0.25, -0.2) is 0 Å². The fraction of sp³-hybridized carbons (Fsp3) is 0.371. The number of carbonyl (C=O) groups is 4. The van der Waals surface area contributed by atoms with Crippen LogP contribution in [0.15, 0.2) is 42.5 Å². The molecule has 7 N–H and O–H groups in total. The Balaban J connectivity index is 1.33. The number of methoxy groups -OCH3 is 1. The number of amides is 1. The average molecular weight is 694 g/mol. The second-order valence-corrected chi connectivity index (χ2v) is 12.5. The summed E-state index contributed by atoms with van der Waals surface area (Å²) in [6, 6.07) is 9.04. The van der Waals surface area contributed by atoms with Gasteiger partial charge in [0, 0.05) is 36.0 Å². The van der Waals surface area contributed by atoms with Gasteiger partial charge in [0.15, 0.2) is 24.5 Å². The Hall–Kier alpha value is -5.06. The first-order valence-electron chi connectivity index (χ1n) is 15.7. The van der Waals surface area contributed by atoms with Crippen LogP contribution in [-0.4, -0.2) is 104 Å². The number of ether oxygens (including phenoxy) is 4. The fourth-order valence-corrected chi connectivity index (χ4v) is 6.80. The van der Waals surface area contributed by atoms with E-state index in [0.29, 0.717) is 5.75 Å². The van der Waals surface area contributed by atoms with E-state index in [1.807, 2.05) is 0 Å². The molecule has 1 amide bonds. The van der Waals surface area contributed by atoms with Crippen LogP contribution < -0.4 is 14.8 Å². The first kappa shape index (κ1) is 34.8. The SMILES string of the molecule is COc1cccc2c1C(=O)c1c(O)c3c(c(O)c1C2=O)C[C@@](O)(C(=O)CO)C[C@@H]3O[C@H]1C[C@H](NC(=O)COc2ccc(O)cc2)[C@H](O)[C@H](C)O1. The molecule has 0 bridgehead atoms. The van der Waals surface area contributed by atoms with Gasteiger partial charge in [-0.15, -0.1) is 0 Å². The zero-order valence-corrected chi connectivity index (χ0v) is 26.9. The molecule has 1 aliphatic heterocycles. The van der Waals surface area contributed by atoms with Gasteiger partial charge >= 0.3 is 0 Å². The number of aliphatic hydroxyl groups is 3. The summed E-state index contributed by atoms with van der Waals surface area (Å²) in [7, 11) is 1.30. The maximum absolute atomic E-state index is 13.9. The molecule has 0 saturated carbocycles.